The molecule has 6 heteroatoms. The number of aryl methyl sites for hydroxylation is 4. The third kappa shape index (κ3) is 3.47. The quantitative estimate of drug-likeness (QED) is 0.446. The maximum Gasteiger partial charge on any atom is 0.255 e. The van der Waals surface area contributed by atoms with Crippen molar-refractivity contribution in [3.05, 3.63) is 82.2 Å². The third-order valence-corrected chi connectivity index (χ3v) is 6.10. The van der Waals surface area contributed by atoms with Crippen molar-refractivity contribution >= 4 is 22.4 Å². The van der Waals surface area contributed by atoms with Gasteiger partial charge in [-0.25, -0.2) is 0 Å². The molecule has 1 heterocycles. The van der Waals surface area contributed by atoms with Crippen molar-refractivity contribution < 1.29 is 18.8 Å². The fraction of sp³-hybridized carbons (Fsp3) is 0.231. The zero-order valence-electron chi connectivity index (χ0n) is 18.3. The molecule has 0 spiro atoms. The standard InChI is InChI=1S/C26H24N2O4/c1-15-21(16(2)32-28-15)14-31-23-12-10-19(13-24(23)30-3)26(29)27-22-11-9-18-8-7-17-5-4-6-20(22)25(17)18/h4-6,9-13H,7-8,14H2,1-3H3,(H,27,29). The van der Waals surface area contributed by atoms with Gasteiger partial charge < -0.3 is 19.3 Å². The van der Waals surface area contributed by atoms with Crippen LogP contribution in [0.5, 0.6) is 11.5 Å². The Labute approximate surface area is 186 Å². The van der Waals surface area contributed by atoms with Gasteiger partial charge in [0.15, 0.2) is 11.5 Å². The Morgan fingerprint density at radius 2 is 1.88 bits per heavy atom. The zero-order chi connectivity index (χ0) is 22.2. The summed E-state index contributed by atoms with van der Waals surface area (Å²) >= 11 is 0. The summed E-state index contributed by atoms with van der Waals surface area (Å²) in [7, 11) is 1.56. The maximum atomic E-state index is 13.0. The average molecular weight is 428 g/mol. The fourth-order valence-electron chi connectivity index (χ4n) is 4.34. The van der Waals surface area contributed by atoms with Crippen LogP contribution in [0.4, 0.5) is 5.69 Å². The van der Waals surface area contributed by atoms with Gasteiger partial charge in [0.2, 0.25) is 0 Å². The molecule has 1 amide bonds. The van der Waals surface area contributed by atoms with E-state index in [9.17, 15) is 4.79 Å². The number of anilines is 1. The average Bonchev–Trinajstić information content (AvgIpc) is 3.38. The van der Waals surface area contributed by atoms with Crippen LogP contribution in [0.15, 0.2) is 53.1 Å². The molecule has 0 aliphatic heterocycles. The van der Waals surface area contributed by atoms with Gasteiger partial charge in [-0.15, -0.1) is 0 Å². The lowest BCUT2D eigenvalue weighted by molar-refractivity contribution is 0.102. The van der Waals surface area contributed by atoms with Crippen LogP contribution < -0.4 is 14.8 Å². The molecule has 32 heavy (non-hydrogen) atoms. The van der Waals surface area contributed by atoms with E-state index < -0.39 is 0 Å². The van der Waals surface area contributed by atoms with E-state index in [-0.39, 0.29) is 5.91 Å². The molecule has 0 saturated heterocycles. The SMILES string of the molecule is COc1cc(C(=O)Nc2ccc3c4c(cccc24)CC3)ccc1OCc1c(C)noc1C. The number of aromatic nitrogens is 1. The summed E-state index contributed by atoms with van der Waals surface area (Å²) < 4.78 is 16.6. The van der Waals surface area contributed by atoms with Crippen LogP contribution in [0.1, 0.15) is 38.5 Å². The molecule has 1 N–H and O–H groups in total. The van der Waals surface area contributed by atoms with E-state index in [0.29, 0.717) is 23.7 Å². The van der Waals surface area contributed by atoms with Crippen LogP contribution in [-0.4, -0.2) is 18.2 Å². The number of ether oxygens (including phenoxy) is 2. The van der Waals surface area contributed by atoms with Gasteiger partial charge in [-0.1, -0.05) is 29.4 Å². The summed E-state index contributed by atoms with van der Waals surface area (Å²) in [5.41, 5.74) is 5.69. The lowest BCUT2D eigenvalue weighted by atomic mass is 10.0. The second-order valence-corrected chi connectivity index (χ2v) is 8.02. The normalized spacial score (nSPS) is 12.2. The Morgan fingerprint density at radius 1 is 1.06 bits per heavy atom. The number of nitrogens with zero attached hydrogens (tertiary/aromatic N) is 1. The van der Waals surface area contributed by atoms with Crippen molar-refractivity contribution in [2.24, 2.45) is 0 Å². The first-order valence-corrected chi connectivity index (χ1v) is 10.6. The molecule has 1 aromatic heterocycles. The number of carbonyl (C=O) groups is 1. The van der Waals surface area contributed by atoms with Crippen molar-refractivity contribution in [2.45, 2.75) is 33.3 Å². The van der Waals surface area contributed by atoms with E-state index in [2.05, 4.69) is 34.7 Å². The topological polar surface area (TPSA) is 73.6 Å². The van der Waals surface area contributed by atoms with Crippen LogP contribution in [0.2, 0.25) is 0 Å². The molecule has 3 aromatic carbocycles. The summed E-state index contributed by atoms with van der Waals surface area (Å²) in [5.74, 6) is 1.57. The van der Waals surface area contributed by atoms with Crippen molar-refractivity contribution in [1.29, 1.82) is 0 Å². The van der Waals surface area contributed by atoms with Crippen LogP contribution in [0.25, 0.3) is 10.8 Å². The van der Waals surface area contributed by atoms with Crippen molar-refractivity contribution in [1.82, 2.24) is 5.16 Å². The van der Waals surface area contributed by atoms with E-state index in [0.717, 1.165) is 40.9 Å². The third-order valence-electron chi connectivity index (χ3n) is 6.10. The summed E-state index contributed by atoms with van der Waals surface area (Å²) in [4.78, 5) is 13.0. The number of hydrogen-bond acceptors (Lipinski definition) is 5. The van der Waals surface area contributed by atoms with Crippen LogP contribution in [0, 0.1) is 13.8 Å². The minimum atomic E-state index is -0.195. The molecule has 0 bridgehead atoms. The Hall–Kier alpha value is -3.80. The molecule has 1 aliphatic rings. The summed E-state index contributed by atoms with van der Waals surface area (Å²) in [5, 5.41) is 9.36. The van der Waals surface area contributed by atoms with Gasteiger partial charge in [0.25, 0.3) is 5.91 Å². The number of carbonyl (C=O) groups excluding carboxylic acids is 1. The van der Waals surface area contributed by atoms with Gasteiger partial charge >= 0.3 is 0 Å². The predicted molar refractivity (Wildman–Crippen MR) is 123 cm³/mol. The number of hydrogen-bond donors (Lipinski definition) is 1. The molecule has 0 saturated carbocycles. The molecule has 0 fully saturated rings. The number of methoxy groups -OCH3 is 1. The molecule has 0 atom stereocenters. The van der Waals surface area contributed by atoms with E-state index >= 15 is 0 Å². The summed E-state index contributed by atoms with van der Waals surface area (Å²) in [6, 6.07) is 15.6. The molecule has 0 unspecified atom stereocenters. The second kappa shape index (κ2) is 8.04. The Kier molecular flexibility index (Phi) is 5.05. The van der Waals surface area contributed by atoms with Gasteiger partial charge in [0, 0.05) is 16.6 Å². The van der Waals surface area contributed by atoms with Gasteiger partial charge in [-0.2, -0.15) is 0 Å². The van der Waals surface area contributed by atoms with Gasteiger partial charge in [-0.05, 0) is 67.5 Å². The minimum Gasteiger partial charge on any atom is -0.493 e. The van der Waals surface area contributed by atoms with Crippen LogP contribution in [0.3, 0.4) is 0 Å². The van der Waals surface area contributed by atoms with E-state index in [1.807, 2.05) is 19.9 Å². The smallest absolute Gasteiger partial charge is 0.255 e. The molecule has 0 radical (unpaired) electrons. The molecular weight excluding hydrogens is 404 g/mol. The zero-order valence-corrected chi connectivity index (χ0v) is 18.3. The second-order valence-electron chi connectivity index (χ2n) is 8.02. The van der Waals surface area contributed by atoms with Crippen LogP contribution in [-0.2, 0) is 19.4 Å². The number of amides is 1. The van der Waals surface area contributed by atoms with Gasteiger partial charge in [0.05, 0.1) is 18.4 Å². The van der Waals surface area contributed by atoms with E-state index in [4.69, 9.17) is 14.0 Å². The van der Waals surface area contributed by atoms with Crippen molar-refractivity contribution in [2.75, 3.05) is 12.4 Å². The lowest BCUT2D eigenvalue weighted by Gasteiger charge is -2.13. The van der Waals surface area contributed by atoms with E-state index in [1.54, 1.807) is 25.3 Å². The van der Waals surface area contributed by atoms with Crippen molar-refractivity contribution in [3.8, 4) is 11.5 Å². The Morgan fingerprint density at radius 3 is 2.62 bits per heavy atom. The first-order chi connectivity index (χ1) is 15.5. The number of benzene rings is 3. The first-order valence-electron chi connectivity index (χ1n) is 10.6. The number of rotatable bonds is 6. The van der Waals surface area contributed by atoms with Gasteiger partial charge in [-0.3, -0.25) is 4.79 Å². The number of nitrogens with one attached hydrogen (secondary N) is 1. The van der Waals surface area contributed by atoms with Crippen molar-refractivity contribution in [3.63, 3.8) is 0 Å². The Bertz CT molecular complexity index is 1310. The molecule has 4 aromatic rings. The highest BCUT2D eigenvalue weighted by Gasteiger charge is 2.18. The highest BCUT2D eigenvalue weighted by atomic mass is 16.5. The van der Waals surface area contributed by atoms with E-state index in [1.165, 1.54) is 16.5 Å². The van der Waals surface area contributed by atoms with Gasteiger partial charge in [0.1, 0.15) is 12.4 Å². The molecule has 6 nitrogen and oxygen atoms in total. The molecule has 162 valence electrons. The Balaban J connectivity index is 1.37. The summed E-state index contributed by atoms with van der Waals surface area (Å²) in [6.45, 7) is 4.04. The maximum absolute atomic E-state index is 13.0. The predicted octanol–water partition coefficient (Wildman–Crippen LogP) is 5.38. The fourth-order valence-corrected chi connectivity index (χ4v) is 4.34. The largest absolute Gasteiger partial charge is 0.493 e. The minimum absolute atomic E-state index is 0.195. The lowest BCUT2D eigenvalue weighted by Crippen LogP contribution is -2.12. The molecule has 1 aliphatic carbocycles. The summed E-state index contributed by atoms with van der Waals surface area (Å²) in [6.07, 6.45) is 2.10. The monoisotopic (exact) mass is 428 g/mol. The highest BCUT2D eigenvalue weighted by Crippen LogP contribution is 2.35. The highest BCUT2D eigenvalue weighted by molar-refractivity contribution is 6.10. The first kappa shape index (κ1) is 20.1. The molecule has 5 rings (SSSR count). The van der Waals surface area contributed by atoms with Crippen LogP contribution >= 0.6 is 0 Å². The molecular formula is C26H24N2O4.